The fourth-order valence-electron chi connectivity index (χ4n) is 1.95. The van der Waals surface area contributed by atoms with Gasteiger partial charge in [0.2, 0.25) is 0 Å². The Labute approximate surface area is 106 Å². The van der Waals surface area contributed by atoms with Gasteiger partial charge in [-0.2, -0.15) is 0 Å². The molecule has 2 rings (SSSR count). The summed E-state index contributed by atoms with van der Waals surface area (Å²) >= 11 is 5.45. The molecule has 0 saturated carbocycles. The number of benzene rings is 1. The molecule has 1 heterocycles. The van der Waals surface area contributed by atoms with Crippen molar-refractivity contribution in [3.63, 3.8) is 0 Å². The molecule has 0 unspecified atom stereocenters. The molecule has 0 aromatic heterocycles. The van der Waals surface area contributed by atoms with Crippen LogP contribution >= 0.6 is 11.6 Å². The lowest BCUT2D eigenvalue weighted by Gasteiger charge is -2.35. The largest absolute Gasteiger partial charge is 0.497 e. The lowest BCUT2D eigenvalue weighted by molar-refractivity contribution is 0.218. The maximum atomic E-state index is 11.0. The standard InChI is InChI=1S/C12H15ClN2O2/c1-17-11-4-2-3-10(9-11)14-5-7-15(8-6-14)12(13)16/h2-4,9H,5-8H2,1H3. The number of carbonyl (C=O) groups excluding carboxylic acids is 1. The summed E-state index contributed by atoms with van der Waals surface area (Å²) in [6.45, 7) is 2.93. The Hall–Kier alpha value is -1.42. The Kier molecular flexibility index (Phi) is 3.74. The van der Waals surface area contributed by atoms with E-state index in [1.807, 2.05) is 24.3 Å². The van der Waals surface area contributed by atoms with Crippen LogP contribution in [0.4, 0.5) is 10.5 Å². The molecule has 0 spiro atoms. The number of rotatable bonds is 2. The van der Waals surface area contributed by atoms with E-state index in [0.29, 0.717) is 13.1 Å². The molecule has 0 N–H and O–H groups in total. The van der Waals surface area contributed by atoms with E-state index in [-0.39, 0.29) is 5.37 Å². The third-order valence-electron chi connectivity index (χ3n) is 2.95. The van der Waals surface area contributed by atoms with E-state index in [1.165, 1.54) is 0 Å². The van der Waals surface area contributed by atoms with Crippen LogP contribution in [0.1, 0.15) is 0 Å². The summed E-state index contributed by atoms with van der Waals surface area (Å²) in [7, 11) is 1.66. The lowest BCUT2D eigenvalue weighted by atomic mass is 10.2. The number of ether oxygens (including phenoxy) is 1. The van der Waals surface area contributed by atoms with Crippen LogP contribution in [0.2, 0.25) is 0 Å². The van der Waals surface area contributed by atoms with Crippen LogP contribution in [0, 0.1) is 0 Å². The summed E-state index contributed by atoms with van der Waals surface area (Å²) < 4.78 is 5.19. The van der Waals surface area contributed by atoms with Crippen LogP contribution in [-0.2, 0) is 0 Å². The maximum Gasteiger partial charge on any atom is 0.316 e. The van der Waals surface area contributed by atoms with Crippen LogP contribution < -0.4 is 9.64 Å². The summed E-state index contributed by atoms with van der Waals surface area (Å²) in [6, 6.07) is 7.92. The van der Waals surface area contributed by atoms with Gasteiger partial charge in [-0.05, 0) is 23.7 Å². The highest BCUT2D eigenvalue weighted by atomic mass is 35.5. The van der Waals surface area contributed by atoms with Crippen molar-refractivity contribution in [3.8, 4) is 5.75 Å². The van der Waals surface area contributed by atoms with Crippen LogP contribution in [0.15, 0.2) is 24.3 Å². The summed E-state index contributed by atoms with van der Waals surface area (Å²) in [5.74, 6) is 0.846. The van der Waals surface area contributed by atoms with Gasteiger partial charge in [-0.25, -0.2) is 0 Å². The Morgan fingerprint density at radius 3 is 2.59 bits per heavy atom. The molecule has 1 aliphatic heterocycles. The van der Waals surface area contributed by atoms with Crippen molar-refractivity contribution in [2.45, 2.75) is 0 Å². The number of nitrogens with zero attached hydrogens (tertiary/aromatic N) is 2. The fraction of sp³-hybridized carbons (Fsp3) is 0.417. The van der Waals surface area contributed by atoms with Gasteiger partial charge >= 0.3 is 5.37 Å². The molecule has 0 bridgehead atoms. The first-order chi connectivity index (χ1) is 8.20. The zero-order valence-corrected chi connectivity index (χ0v) is 10.5. The number of hydrogen-bond acceptors (Lipinski definition) is 3. The molecule has 0 aliphatic carbocycles. The Bertz CT molecular complexity index is 403. The molecule has 4 nitrogen and oxygen atoms in total. The highest BCUT2D eigenvalue weighted by Gasteiger charge is 2.19. The van der Waals surface area contributed by atoms with E-state index in [2.05, 4.69) is 4.90 Å². The molecule has 1 amide bonds. The van der Waals surface area contributed by atoms with Gasteiger partial charge in [0.15, 0.2) is 0 Å². The lowest BCUT2D eigenvalue weighted by Crippen LogP contribution is -2.47. The van der Waals surface area contributed by atoms with E-state index >= 15 is 0 Å². The minimum absolute atomic E-state index is 0.365. The highest BCUT2D eigenvalue weighted by molar-refractivity contribution is 6.62. The van der Waals surface area contributed by atoms with Crippen molar-refractivity contribution in [1.82, 2.24) is 4.90 Å². The number of hydrogen-bond donors (Lipinski definition) is 0. The highest BCUT2D eigenvalue weighted by Crippen LogP contribution is 2.22. The van der Waals surface area contributed by atoms with E-state index in [9.17, 15) is 4.79 Å². The minimum Gasteiger partial charge on any atom is -0.497 e. The van der Waals surface area contributed by atoms with Crippen molar-refractivity contribution in [2.75, 3.05) is 38.2 Å². The van der Waals surface area contributed by atoms with E-state index in [4.69, 9.17) is 16.3 Å². The first-order valence-corrected chi connectivity index (χ1v) is 5.92. The summed E-state index contributed by atoms with van der Waals surface area (Å²) in [6.07, 6.45) is 0. The van der Waals surface area contributed by atoms with Crippen LogP contribution in [-0.4, -0.2) is 43.6 Å². The number of amides is 1. The first-order valence-electron chi connectivity index (χ1n) is 5.54. The van der Waals surface area contributed by atoms with Crippen LogP contribution in [0.3, 0.4) is 0 Å². The average Bonchev–Trinajstić information content (AvgIpc) is 2.39. The zero-order valence-electron chi connectivity index (χ0n) is 9.73. The quantitative estimate of drug-likeness (QED) is 0.599. The average molecular weight is 255 g/mol. The van der Waals surface area contributed by atoms with Gasteiger partial charge in [0.25, 0.3) is 0 Å². The van der Waals surface area contributed by atoms with Gasteiger partial charge in [0.05, 0.1) is 7.11 Å². The molecule has 0 radical (unpaired) electrons. The van der Waals surface area contributed by atoms with Crippen molar-refractivity contribution in [3.05, 3.63) is 24.3 Å². The van der Waals surface area contributed by atoms with Gasteiger partial charge < -0.3 is 14.5 Å². The third-order valence-corrected chi connectivity index (χ3v) is 3.19. The molecular weight excluding hydrogens is 240 g/mol. The molecule has 17 heavy (non-hydrogen) atoms. The first kappa shape index (κ1) is 12.0. The van der Waals surface area contributed by atoms with Gasteiger partial charge in [0, 0.05) is 37.9 Å². The van der Waals surface area contributed by atoms with Gasteiger partial charge in [-0.1, -0.05) is 6.07 Å². The second kappa shape index (κ2) is 5.27. The second-order valence-corrected chi connectivity index (χ2v) is 4.25. The summed E-state index contributed by atoms with van der Waals surface area (Å²) in [4.78, 5) is 14.9. The number of anilines is 1. The number of piperazine rings is 1. The molecule has 1 fully saturated rings. The van der Waals surface area contributed by atoms with E-state index in [0.717, 1.165) is 24.5 Å². The third kappa shape index (κ3) is 2.82. The minimum atomic E-state index is -0.365. The zero-order chi connectivity index (χ0) is 12.3. The molecular formula is C12H15ClN2O2. The second-order valence-electron chi connectivity index (χ2n) is 3.93. The topological polar surface area (TPSA) is 32.8 Å². The normalized spacial score (nSPS) is 15.9. The van der Waals surface area contributed by atoms with Gasteiger partial charge in [-0.15, -0.1) is 0 Å². The van der Waals surface area contributed by atoms with Gasteiger partial charge in [-0.3, -0.25) is 4.79 Å². The van der Waals surface area contributed by atoms with Crippen molar-refractivity contribution < 1.29 is 9.53 Å². The fourth-order valence-corrected chi connectivity index (χ4v) is 2.12. The predicted octanol–water partition coefficient (Wildman–Crippen LogP) is 2.18. The Morgan fingerprint density at radius 1 is 1.29 bits per heavy atom. The van der Waals surface area contributed by atoms with Gasteiger partial charge in [0.1, 0.15) is 5.75 Å². The molecule has 1 aromatic rings. The predicted molar refractivity (Wildman–Crippen MR) is 68.0 cm³/mol. The smallest absolute Gasteiger partial charge is 0.316 e. The maximum absolute atomic E-state index is 11.0. The van der Waals surface area contributed by atoms with E-state index in [1.54, 1.807) is 12.0 Å². The monoisotopic (exact) mass is 254 g/mol. The van der Waals surface area contributed by atoms with Crippen LogP contribution in [0.5, 0.6) is 5.75 Å². The Balaban J connectivity index is 2.02. The molecule has 1 saturated heterocycles. The van der Waals surface area contributed by atoms with Crippen molar-refractivity contribution >= 4 is 22.7 Å². The summed E-state index contributed by atoms with van der Waals surface area (Å²) in [5, 5.41) is -0.365. The number of halogens is 1. The van der Waals surface area contributed by atoms with Crippen LogP contribution in [0.25, 0.3) is 0 Å². The number of methoxy groups -OCH3 is 1. The van der Waals surface area contributed by atoms with Crippen molar-refractivity contribution in [2.24, 2.45) is 0 Å². The number of carbonyl (C=O) groups is 1. The molecule has 1 aromatic carbocycles. The molecule has 1 aliphatic rings. The summed E-state index contributed by atoms with van der Waals surface area (Å²) in [5.41, 5.74) is 1.12. The van der Waals surface area contributed by atoms with E-state index < -0.39 is 0 Å². The SMILES string of the molecule is COc1cccc(N2CCN(C(=O)Cl)CC2)c1. The molecule has 0 atom stereocenters. The van der Waals surface area contributed by atoms with Crippen molar-refractivity contribution in [1.29, 1.82) is 0 Å². The molecule has 5 heteroatoms. The Morgan fingerprint density at radius 2 is 2.00 bits per heavy atom. The molecule has 92 valence electrons.